The molecular formula is C17H19F2N. The van der Waals surface area contributed by atoms with Gasteiger partial charge in [0, 0.05) is 6.04 Å². The molecule has 0 aliphatic heterocycles. The molecular weight excluding hydrogens is 256 g/mol. The fourth-order valence-corrected chi connectivity index (χ4v) is 2.40. The van der Waals surface area contributed by atoms with Gasteiger partial charge in [-0.1, -0.05) is 44.2 Å². The molecule has 2 aromatic rings. The molecule has 0 bridgehead atoms. The van der Waals surface area contributed by atoms with Gasteiger partial charge in [-0.2, -0.15) is 0 Å². The standard InChI is InChI=1S/C17H19F2N/c1-3-16(20-4-2)12-8-10-13(11-9-12)17-14(18)6-5-7-15(17)19/h5-11,16,20H,3-4H2,1-2H3. The highest BCUT2D eigenvalue weighted by atomic mass is 19.1. The Morgan fingerprint density at radius 1 is 0.950 bits per heavy atom. The topological polar surface area (TPSA) is 12.0 Å². The lowest BCUT2D eigenvalue weighted by molar-refractivity contribution is 0.537. The molecule has 20 heavy (non-hydrogen) atoms. The van der Waals surface area contributed by atoms with Crippen molar-refractivity contribution in [3.8, 4) is 11.1 Å². The highest BCUT2D eigenvalue weighted by molar-refractivity contribution is 5.65. The summed E-state index contributed by atoms with van der Waals surface area (Å²) in [5.74, 6) is -1.06. The van der Waals surface area contributed by atoms with Crippen LogP contribution in [0.1, 0.15) is 31.9 Å². The molecule has 0 saturated carbocycles. The van der Waals surface area contributed by atoms with Gasteiger partial charge < -0.3 is 5.32 Å². The molecule has 1 unspecified atom stereocenters. The molecule has 0 fully saturated rings. The Kier molecular flexibility index (Phi) is 4.85. The Balaban J connectivity index is 2.33. The van der Waals surface area contributed by atoms with Crippen LogP contribution in [0.5, 0.6) is 0 Å². The zero-order valence-corrected chi connectivity index (χ0v) is 11.8. The Hall–Kier alpha value is -1.74. The van der Waals surface area contributed by atoms with E-state index < -0.39 is 11.6 Å². The predicted molar refractivity (Wildman–Crippen MR) is 78.5 cm³/mol. The van der Waals surface area contributed by atoms with Gasteiger partial charge in [-0.15, -0.1) is 0 Å². The van der Waals surface area contributed by atoms with E-state index in [0.29, 0.717) is 5.56 Å². The Morgan fingerprint density at radius 2 is 1.55 bits per heavy atom. The fraction of sp³-hybridized carbons (Fsp3) is 0.294. The summed E-state index contributed by atoms with van der Waals surface area (Å²) in [6.45, 7) is 5.06. The summed E-state index contributed by atoms with van der Waals surface area (Å²) in [6.07, 6.45) is 0.973. The van der Waals surface area contributed by atoms with Crippen LogP contribution < -0.4 is 5.32 Å². The molecule has 0 heterocycles. The fourth-order valence-electron chi connectivity index (χ4n) is 2.40. The molecule has 0 amide bonds. The van der Waals surface area contributed by atoms with Gasteiger partial charge in [-0.3, -0.25) is 0 Å². The van der Waals surface area contributed by atoms with E-state index >= 15 is 0 Å². The first-order valence-corrected chi connectivity index (χ1v) is 6.95. The monoisotopic (exact) mass is 275 g/mol. The van der Waals surface area contributed by atoms with Gasteiger partial charge in [0.25, 0.3) is 0 Å². The average molecular weight is 275 g/mol. The van der Waals surface area contributed by atoms with Crippen LogP contribution in [0.3, 0.4) is 0 Å². The van der Waals surface area contributed by atoms with E-state index in [4.69, 9.17) is 0 Å². The van der Waals surface area contributed by atoms with Crippen molar-refractivity contribution >= 4 is 0 Å². The van der Waals surface area contributed by atoms with Crippen LogP contribution in [-0.4, -0.2) is 6.54 Å². The second-order valence-electron chi connectivity index (χ2n) is 4.74. The van der Waals surface area contributed by atoms with E-state index in [1.807, 2.05) is 12.1 Å². The van der Waals surface area contributed by atoms with Crippen LogP contribution in [0.15, 0.2) is 42.5 Å². The third kappa shape index (κ3) is 3.05. The van der Waals surface area contributed by atoms with E-state index in [1.54, 1.807) is 12.1 Å². The maximum atomic E-state index is 13.7. The van der Waals surface area contributed by atoms with Crippen molar-refractivity contribution in [3.63, 3.8) is 0 Å². The summed E-state index contributed by atoms with van der Waals surface area (Å²) >= 11 is 0. The first kappa shape index (κ1) is 14.7. The first-order valence-electron chi connectivity index (χ1n) is 6.95. The largest absolute Gasteiger partial charge is 0.310 e. The number of hydrogen-bond donors (Lipinski definition) is 1. The van der Waals surface area contributed by atoms with Crippen LogP contribution in [0.2, 0.25) is 0 Å². The van der Waals surface area contributed by atoms with Gasteiger partial charge in [-0.05, 0) is 36.2 Å². The molecule has 0 radical (unpaired) electrons. The SMILES string of the molecule is CCNC(CC)c1ccc(-c2c(F)cccc2F)cc1. The number of halogens is 2. The first-order chi connectivity index (χ1) is 9.67. The molecule has 0 aliphatic carbocycles. The molecule has 0 saturated heterocycles. The Labute approximate surface area is 118 Å². The van der Waals surface area contributed by atoms with Crippen LogP contribution in [0.4, 0.5) is 8.78 Å². The lowest BCUT2D eigenvalue weighted by Crippen LogP contribution is -2.19. The maximum absolute atomic E-state index is 13.7. The number of hydrogen-bond acceptors (Lipinski definition) is 1. The molecule has 3 heteroatoms. The molecule has 2 aromatic carbocycles. The molecule has 1 nitrogen and oxygen atoms in total. The lowest BCUT2D eigenvalue weighted by Gasteiger charge is -2.16. The van der Waals surface area contributed by atoms with Crippen LogP contribution in [0, 0.1) is 11.6 Å². The number of benzene rings is 2. The number of nitrogens with one attached hydrogen (secondary N) is 1. The molecule has 0 spiro atoms. The second-order valence-corrected chi connectivity index (χ2v) is 4.74. The van der Waals surface area contributed by atoms with Crippen molar-refractivity contribution < 1.29 is 8.78 Å². The zero-order valence-electron chi connectivity index (χ0n) is 11.8. The van der Waals surface area contributed by atoms with Gasteiger partial charge in [0.2, 0.25) is 0 Å². The quantitative estimate of drug-likeness (QED) is 0.834. The third-order valence-electron chi connectivity index (χ3n) is 3.42. The van der Waals surface area contributed by atoms with Crippen LogP contribution in [-0.2, 0) is 0 Å². The summed E-state index contributed by atoms with van der Waals surface area (Å²) in [4.78, 5) is 0. The summed E-state index contributed by atoms with van der Waals surface area (Å²) in [5, 5.41) is 3.38. The summed E-state index contributed by atoms with van der Waals surface area (Å²) < 4.78 is 27.5. The third-order valence-corrected chi connectivity index (χ3v) is 3.42. The van der Waals surface area contributed by atoms with Gasteiger partial charge >= 0.3 is 0 Å². The summed E-state index contributed by atoms with van der Waals surface area (Å²) in [7, 11) is 0. The minimum absolute atomic E-state index is 0.0375. The lowest BCUT2D eigenvalue weighted by atomic mass is 9.99. The van der Waals surface area contributed by atoms with Crippen LogP contribution >= 0.6 is 0 Å². The van der Waals surface area contributed by atoms with Crippen molar-refractivity contribution in [1.82, 2.24) is 5.32 Å². The maximum Gasteiger partial charge on any atom is 0.133 e. The van der Waals surface area contributed by atoms with Gasteiger partial charge in [-0.25, -0.2) is 8.78 Å². The Morgan fingerprint density at radius 3 is 2.05 bits per heavy atom. The minimum atomic E-state index is -0.531. The van der Waals surface area contributed by atoms with Crippen molar-refractivity contribution in [2.45, 2.75) is 26.3 Å². The van der Waals surface area contributed by atoms with E-state index in [1.165, 1.54) is 18.2 Å². The average Bonchev–Trinajstić information content (AvgIpc) is 2.45. The highest BCUT2D eigenvalue weighted by Crippen LogP contribution is 2.27. The van der Waals surface area contributed by atoms with Crippen molar-refractivity contribution in [1.29, 1.82) is 0 Å². The number of rotatable bonds is 5. The van der Waals surface area contributed by atoms with Crippen molar-refractivity contribution in [3.05, 3.63) is 59.7 Å². The van der Waals surface area contributed by atoms with Crippen molar-refractivity contribution in [2.24, 2.45) is 0 Å². The Bertz CT molecular complexity index is 543. The molecule has 106 valence electrons. The van der Waals surface area contributed by atoms with Gasteiger partial charge in [0.15, 0.2) is 0 Å². The molecule has 1 atom stereocenters. The van der Waals surface area contributed by atoms with E-state index in [9.17, 15) is 8.78 Å². The zero-order chi connectivity index (χ0) is 14.5. The summed E-state index contributed by atoms with van der Waals surface area (Å²) in [5.41, 5.74) is 1.74. The molecule has 2 rings (SSSR count). The molecule has 0 aromatic heterocycles. The van der Waals surface area contributed by atoms with Gasteiger partial charge in [0.05, 0.1) is 5.56 Å². The smallest absolute Gasteiger partial charge is 0.133 e. The van der Waals surface area contributed by atoms with E-state index in [2.05, 4.69) is 19.2 Å². The van der Waals surface area contributed by atoms with E-state index in [0.717, 1.165) is 18.5 Å². The highest BCUT2D eigenvalue weighted by Gasteiger charge is 2.12. The molecule has 1 N–H and O–H groups in total. The minimum Gasteiger partial charge on any atom is -0.310 e. The van der Waals surface area contributed by atoms with Crippen LogP contribution in [0.25, 0.3) is 11.1 Å². The normalized spacial score (nSPS) is 12.4. The predicted octanol–water partition coefficient (Wildman–Crippen LogP) is 4.69. The van der Waals surface area contributed by atoms with Crippen molar-refractivity contribution in [2.75, 3.05) is 6.54 Å². The van der Waals surface area contributed by atoms with Gasteiger partial charge in [0.1, 0.15) is 11.6 Å². The molecule has 0 aliphatic rings. The second kappa shape index (κ2) is 6.62. The summed E-state index contributed by atoms with van der Waals surface area (Å²) in [6, 6.07) is 11.6. The van der Waals surface area contributed by atoms with E-state index in [-0.39, 0.29) is 11.6 Å².